The maximum absolute atomic E-state index is 7.41. The van der Waals surface area contributed by atoms with Crippen molar-refractivity contribution in [3.8, 4) is 0 Å². The van der Waals surface area contributed by atoms with E-state index in [1.807, 2.05) is 4.90 Å². The molecule has 1 aliphatic heterocycles. The Hall–Kier alpha value is -0.830. The summed E-state index contributed by atoms with van der Waals surface area (Å²) in [7, 11) is 0. The highest BCUT2D eigenvalue weighted by Crippen LogP contribution is 1.93. The van der Waals surface area contributed by atoms with Gasteiger partial charge in [-0.2, -0.15) is 0 Å². The molecule has 0 aromatic rings. The van der Waals surface area contributed by atoms with E-state index in [1.165, 1.54) is 0 Å². The van der Waals surface area contributed by atoms with Gasteiger partial charge in [0.2, 0.25) is 0 Å². The molecule has 0 aromatic heterocycles. The van der Waals surface area contributed by atoms with Gasteiger partial charge in [-0.05, 0) is 6.08 Å². The average molecular weight is 139 g/mol. The molecule has 1 fully saturated rings. The zero-order chi connectivity index (χ0) is 7.40. The molecule has 3 nitrogen and oxygen atoms in total. The number of nitrogens with zero attached hydrogens (tertiary/aromatic N) is 1. The molecule has 0 unspecified atom stereocenters. The van der Waals surface area contributed by atoms with Crippen LogP contribution in [0.25, 0.3) is 0 Å². The van der Waals surface area contributed by atoms with Crippen LogP contribution in [-0.4, -0.2) is 36.9 Å². The molecule has 0 aromatic carbocycles. The van der Waals surface area contributed by atoms with E-state index in [9.17, 15) is 0 Å². The third-order valence-corrected chi connectivity index (χ3v) is 1.65. The Kier molecular flexibility index (Phi) is 2.45. The number of rotatable bonds is 1. The highest BCUT2D eigenvalue weighted by Gasteiger charge is 2.09. The van der Waals surface area contributed by atoms with Crippen LogP contribution in [-0.2, 0) is 0 Å². The Balaban J connectivity index is 2.38. The summed E-state index contributed by atoms with van der Waals surface area (Å²) in [5.74, 6) is 0.543. The van der Waals surface area contributed by atoms with Gasteiger partial charge in [0, 0.05) is 26.2 Å². The molecule has 0 amide bonds. The molecule has 2 N–H and O–H groups in total. The molecule has 1 aliphatic rings. The molecule has 0 saturated carbocycles. The number of nitrogens with one attached hydrogen (secondary N) is 2. The van der Waals surface area contributed by atoms with Crippen LogP contribution in [0.5, 0.6) is 0 Å². The lowest BCUT2D eigenvalue weighted by molar-refractivity contribution is 0.357. The summed E-state index contributed by atoms with van der Waals surface area (Å²) in [6.45, 7) is 7.38. The summed E-state index contributed by atoms with van der Waals surface area (Å²) in [4.78, 5) is 2.02. The molecule has 1 saturated heterocycles. The van der Waals surface area contributed by atoms with Crippen LogP contribution in [0.15, 0.2) is 12.7 Å². The molecule has 0 spiro atoms. The van der Waals surface area contributed by atoms with Gasteiger partial charge >= 0.3 is 0 Å². The van der Waals surface area contributed by atoms with E-state index in [0.717, 1.165) is 26.2 Å². The van der Waals surface area contributed by atoms with Crippen molar-refractivity contribution in [1.29, 1.82) is 5.41 Å². The van der Waals surface area contributed by atoms with Crippen LogP contribution in [0.2, 0.25) is 0 Å². The summed E-state index contributed by atoms with van der Waals surface area (Å²) < 4.78 is 0. The van der Waals surface area contributed by atoms with Crippen molar-refractivity contribution in [3.63, 3.8) is 0 Å². The van der Waals surface area contributed by atoms with Crippen molar-refractivity contribution in [2.45, 2.75) is 0 Å². The maximum Gasteiger partial charge on any atom is 0.120 e. The summed E-state index contributed by atoms with van der Waals surface area (Å²) in [5.41, 5.74) is 0. The van der Waals surface area contributed by atoms with E-state index < -0.39 is 0 Å². The third kappa shape index (κ3) is 1.57. The Labute approximate surface area is 61.2 Å². The largest absolute Gasteiger partial charge is 0.355 e. The van der Waals surface area contributed by atoms with E-state index in [-0.39, 0.29) is 0 Å². The lowest BCUT2D eigenvalue weighted by Crippen LogP contribution is -2.45. The smallest absolute Gasteiger partial charge is 0.120 e. The van der Waals surface area contributed by atoms with Gasteiger partial charge in [-0.1, -0.05) is 6.58 Å². The van der Waals surface area contributed by atoms with Crippen molar-refractivity contribution in [2.75, 3.05) is 26.2 Å². The molecule has 0 atom stereocenters. The third-order valence-electron chi connectivity index (χ3n) is 1.65. The zero-order valence-electron chi connectivity index (χ0n) is 6.06. The fourth-order valence-corrected chi connectivity index (χ4v) is 1.03. The zero-order valence-corrected chi connectivity index (χ0v) is 6.06. The second-order valence-corrected chi connectivity index (χ2v) is 2.33. The minimum atomic E-state index is 0.543. The molecule has 0 radical (unpaired) electrons. The quantitative estimate of drug-likeness (QED) is 0.398. The predicted molar refractivity (Wildman–Crippen MR) is 42.4 cm³/mol. The lowest BCUT2D eigenvalue weighted by Gasteiger charge is -2.27. The summed E-state index contributed by atoms with van der Waals surface area (Å²) in [5, 5.41) is 10.6. The topological polar surface area (TPSA) is 39.1 Å². The van der Waals surface area contributed by atoms with Gasteiger partial charge in [0.15, 0.2) is 0 Å². The first-order valence-electron chi connectivity index (χ1n) is 3.51. The van der Waals surface area contributed by atoms with Crippen LogP contribution < -0.4 is 5.32 Å². The number of hydrogen-bond donors (Lipinski definition) is 2. The molecular weight excluding hydrogens is 126 g/mol. The van der Waals surface area contributed by atoms with Gasteiger partial charge in [-0.25, -0.2) is 0 Å². The minimum absolute atomic E-state index is 0.543. The fourth-order valence-electron chi connectivity index (χ4n) is 1.03. The first-order chi connectivity index (χ1) is 4.84. The summed E-state index contributed by atoms with van der Waals surface area (Å²) in [6, 6.07) is 0. The van der Waals surface area contributed by atoms with Gasteiger partial charge in [-0.15, -0.1) is 0 Å². The van der Waals surface area contributed by atoms with Gasteiger partial charge in [-0.3, -0.25) is 5.41 Å². The fraction of sp³-hybridized carbons (Fsp3) is 0.571. The molecule has 10 heavy (non-hydrogen) atoms. The van der Waals surface area contributed by atoms with Crippen molar-refractivity contribution >= 4 is 5.84 Å². The molecular formula is C7H13N3. The Bertz CT molecular complexity index is 136. The molecule has 1 rings (SSSR count). The van der Waals surface area contributed by atoms with Crippen molar-refractivity contribution < 1.29 is 0 Å². The van der Waals surface area contributed by atoms with E-state index in [0.29, 0.717) is 5.84 Å². The second-order valence-electron chi connectivity index (χ2n) is 2.33. The number of amidine groups is 1. The molecule has 56 valence electrons. The maximum atomic E-state index is 7.41. The van der Waals surface area contributed by atoms with Gasteiger partial charge in [0.05, 0.1) is 0 Å². The molecule has 0 aliphatic carbocycles. The lowest BCUT2D eigenvalue weighted by atomic mass is 10.3. The van der Waals surface area contributed by atoms with Crippen LogP contribution in [0, 0.1) is 5.41 Å². The van der Waals surface area contributed by atoms with E-state index >= 15 is 0 Å². The van der Waals surface area contributed by atoms with Crippen molar-refractivity contribution in [3.05, 3.63) is 12.7 Å². The standard InChI is InChI=1S/C7H13N3/c1-2-7(8)10-5-3-9-4-6-10/h2,8-9H,1,3-6H2. The van der Waals surface area contributed by atoms with E-state index in [4.69, 9.17) is 5.41 Å². The van der Waals surface area contributed by atoms with Crippen LogP contribution in [0.3, 0.4) is 0 Å². The van der Waals surface area contributed by atoms with Crippen LogP contribution in [0.4, 0.5) is 0 Å². The number of hydrogen-bond acceptors (Lipinski definition) is 2. The summed E-state index contributed by atoms with van der Waals surface area (Å²) in [6.07, 6.45) is 1.59. The highest BCUT2D eigenvalue weighted by molar-refractivity contribution is 5.89. The molecule has 1 heterocycles. The Morgan fingerprint density at radius 3 is 2.60 bits per heavy atom. The van der Waals surface area contributed by atoms with Gasteiger partial charge in [0.25, 0.3) is 0 Å². The normalized spacial score (nSPS) is 18.6. The van der Waals surface area contributed by atoms with E-state index in [1.54, 1.807) is 6.08 Å². The van der Waals surface area contributed by atoms with Crippen LogP contribution in [0.1, 0.15) is 0 Å². The monoisotopic (exact) mass is 139 g/mol. The molecule has 0 bridgehead atoms. The van der Waals surface area contributed by atoms with Gasteiger partial charge < -0.3 is 10.2 Å². The highest BCUT2D eigenvalue weighted by atomic mass is 15.2. The first kappa shape index (κ1) is 7.28. The van der Waals surface area contributed by atoms with Gasteiger partial charge in [0.1, 0.15) is 5.84 Å². The summed E-state index contributed by atoms with van der Waals surface area (Å²) >= 11 is 0. The van der Waals surface area contributed by atoms with Crippen molar-refractivity contribution in [2.24, 2.45) is 0 Å². The minimum Gasteiger partial charge on any atom is -0.355 e. The van der Waals surface area contributed by atoms with E-state index in [2.05, 4.69) is 11.9 Å². The SMILES string of the molecule is C=CC(=N)N1CCNCC1. The average Bonchev–Trinajstić information content (AvgIpc) is 2.05. The Morgan fingerprint density at radius 2 is 2.10 bits per heavy atom. The predicted octanol–water partition coefficient (Wildman–Crippen LogP) is 0.0549. The molecule has 3 heteroatoms. The Morgan fingerprint density at radius 1 is 1.50 bits per heavy atom. The number of piperazine rings is 1. The second kappa shape index (κ2) is 3.37. The van der Waals surface area contributed by atoms with Crippen molar-refractivity contribution in [1.82, 2.24) is 10.2 Å². The first-order valence-corrected chi connectivity index (χ1v) is 3.51. The van der Waals surface area contributed by atoms with Crippen LogP contribution >= 0.6 is 0 Å².